The minimum absolute atomic E-state index is 0.293. The normalized spacial score (nSPS) is 17.5. The number of rotatable bonds is 7. The summed E-state index contributed by atoms with van der Waals surface area (Å²) in [5, 5.41) is 17.1. The zero-order valence-corrected chi connectivity index (χ0v) is 17.5. The molecule has 0 spiro atoms. The topological polar surface area (TPSA) is 85.9 Å². The van der Waals surface area contributed by atoms with Crippen LogP contribution >= 0.6 is 0 Å². The van der Waals surface area contributed by atoms with Crippen molar-refractivity contribution in [3.05, 3.63) is 48.0 Å². The lowest BCUT2D eigenvalue weighted by Crippen LogP contribution is -2.44. The van der Waals surface area contributed by atoms with Gasteiger partial charge in [-0.2, -0.15) is 0 Å². The van der Waals surface area contributed by atoms with E-state index in [1.807, 2.05) is 19.2 Å². The van der Waals surface area contributed by atoms with Gasteiger partial charge in [0, 0.05) is 25.8 Å². The molecule has 1 aliphatic heterocycles. The maximum absolute atomic E-state index is 10.6. The van der Waals surface area contributed by atoms with Gasteiger partial charge in [-0.1, -0.05) is 12.8 Å². The van der Waals surface area contributed by atoms with E-state index in [0.29, 0.717) is 24.8 Å². The third kappa shape index (κ3) is 6.22. The number of hydrogen-bond acceptors (Lipinski definition) is 5. The van der Waals surface area contributed by atoms with E-state index in [0.717, 1.165) is 31.0 Å². The zero-order valence-electron chi connectivity index (χ0n) is 17.5. The van der Waals surface area contributed by atoms with Crippen LogP contribution in [0.2, 0.25) is 0 Å². The van der Waals surface area contributed by atoms with Gasteiger partial charge in [-0.3, -0.25) is 0 Å². The van der Waals surface area contributed by atoms with E-state index in [4.69, 9.17) is 4.42 Å². The first-order valence-corrected chi connectivity index (χ1v) is 10.6. The van der Waals surface area contributed by atoms with Crippen LogP contribution < -0.4 is 15.5 Å². The predicted octanol–water partition coefficient (Wildman–Crippen LogP) is 3.02. The molecule has 2 aromatic heterocycles. The van der Waals surface area contributed by atoms with E-state index < -0.39 is 5.60 Å². The SMILES string of the molecule is CCNC(=NCc1ccnc(N2CCCCCC2)c1)NCC(C)(O)c1ccco1. The van der Waals surface area contributed by atoms with E-state index in [1.165, 1.54) is 25.7 Å². The summed E-state index contributed by atoms with van der Waals surface area (Å²) in [6, 6.07) is 7.69. The summed E-state index contributed by atoms with van der Waals surface area (Å²) >= 11 is 0. The van der Waals surface area contributed by atoms with Gasteiger partial charge in [0.05, 0.1) is 19.4 Å². The summed E-state index contributed by atoms with van der Waals surface area (Å²) < 4.78 is 5.34. The molecule has 0 aliphatic carbocycles. The number of guanidine groups is 1. The molecule has 29 heavy (non-hydrogen) atoms. The van der Waals surface area contributed by atoms with Gasteiger partial charge in [0.1, 0.15) is 17.2 Å². The second kappa shape index (κ2) is 10.3. The third-order valence-corrected chi connectivity index (χ3v) is 5.16. The number of aliphatic hydroxyl groups is 1. The molecular formula is C22H33N5O2. The number of anilines is 1. The molecular weight excluding hydrogens is 366 g/mol. The van der Waals surface area contributed by atoms with Crippen LogP contribution in [0, 0.1) is 0 Å². The van der Waals surface area contributed by atoms with Crippen molar-refractivity contribution in [1.82, 2.24) is 15.6 Å². The number of pyridine rings is 1. The van der Waals surface area contributed by atoms with Gasteiger partial charge < -0.3 is 25.1 Å². The van der Waals surface area contributed by atoms with E-state index in [1.54, 1.807) is 25.3 Å². The maximum Gasteiger partial charge on any atom is 0.191 e. The Morgan fingerprint density at radius 2 is 2.03 bits per heavy atom. The highest BCUT2D eigenvalue weighted by Gasteiger charge is 2.26. The molecule has 1 atom stereocenters. The Hall–Kier alpha value is -2.54. The number of nitrogens with zero attached hydrogens (tertiary/aromatic N) is 3. The molecule has 1 aliphatic rings. The van der Waals surface area contributed by atoms with Crippen molar-refractivity contribution in [2.45, 2.75) is 51.7 Å². The standard InChI is InChI=1S/C22H33N5O2/c1-3-23-21(26-17-22(2,28)19-9-8-14-29-19)25-16-18-10-11-24-20(15-18)27-12-6-4-5-7-13-27/h8-11,14-15,28H,3-7,12-13,16-17H2,1-2H3,(H2,23,25,26). The lowest BCUT2D eigenvalue weighted by atomic mass is 10.0. The minimum atomic E-state index is -1.11. The molecule has 3 heterocycles. The van der Waals surface area contributed by atoms with Crippen molar-refractivity contribution in [3.63, 3.8) is 0 Å². The summed E-state index contributed by atoms with van der Waals surface area (Å²) in [6.45, 7) is 7.47. The molecule has 1 fully saturated rings. The van der Waals surface area contributed by atoms with Gasteiger partial charge in [0.2, 0.25) is 0 Å². The van der Waals surface area contributed by atoms with Crippen LogP contribution in [0.1, 0.15) is 50.9 Å². The predicted molar refractivity (Wildman–Crippen MR) is 116 cm³/mol. The first-order valence-electron chi connectivity index (χ1n) is 10.6. The first kappa shape index (κ1) is 21.2. The number of nitrogens with one attached hydrogen (secondary N) is 2. The number of hydrogen-bond donors (Lipinski definition) is 3. The van der Waals surface area contributed by atoms with Crippen molar-refractivity contribution in [2.24, 2.45) is 4.99 Å². The molecule has 3 N–H and O–H groups in total. The molecule has 7 heteroatoms. The molecule has 0 radical (unpaired) electrons. The minimum Gasteiger partial charge on any atom is -0.466 e. The fourth-order valence-corrected chi connectivity index (χ4v) is 3.47. The molecule has 7 nitrogen and oxygen atoms in total. The van der Waals surface area contributed by atoms with Crippen LogP contribution in [0.25, 0.3) is 0 Å². The first-order chi connectivity index (χ1) is 14.1. The van der Waals surface area contributed by atoms with Crippen LogP contribution in [0.15, 0.2) is 46.1 Å². The highest BCUT2D eigenvalue weighted by Crippen LogP contribution is 2.20. The van der Waals surface area contributed by atoms with Gasteiger partial charge >= 0.3 is 0 Å². The number of aliphatic imine (C=N–C) groups is 1. The molecule has 1 unspecified atom stereocenters. The van der Waals surface area contributed by atoms with Gasteiger partial charge in [-0.25, -0.2) is 9.98 Å². The molecule has 158 valence electrons. The van der Waals surface area contributed by atoms with Crippen molar-refractivity contribution >= 4 is 11.8 Å². The van der Waals surface area contributed by atoms with Gasteiger partial charge in [0.15, 0.2) is 5.96 Å². The van der Waals surface area contributed by atoms with Crippen LogP contribution in [0.4, 0.5) is 5.82 Å². The molecule has 0 aromatic carbocycles. The summed E-state index contributed by atoms with van der Waals surface area (Å²) in [5.74, 6) is 2.22. The van der Waals surface area contributed by atoms with Crippen LogP contribution in [0.3, 0.4) is 0 Å². The molecule has 2 aromatic rings. The smallest absolute Gasteiger partial charge is 0.191 e. The average Bonchev–Trinajstić information content (AvgIpc) is 3.14. The Morgan fingerprint density at radius 1 is 1.24 bits per heavy atom. The quantitative estimate of drug-likeness (QED) is 0.490. The van der Waals surface area contributed by atoms with Crippen molar-refractivity contribution < 1.29 is 9.52 Å². The summed E-state index contributed by atoms with van der Waals surface area (Å²) in [6.07, 6.45) is 8.50. The summed E-state index contributed by atoms with van der Waals surface area (Å²) in [4.78, 5) is 11.6. The highest BCUT2D eigenvalue weighted by atomic mass is 16.4. The van der Waals surface area contributed by atoms with Crippen molar-refractivity contribution in [1.29, 1.82) is 0 Å². The van der Waals surface area contributed by atoms with Crippen molar-refractivity contribution in [3.8, 4) is 0 Å². The summed E-state index contributed by atoms with van der Waals surface area (Å²) in [7, 11) is 0. The second-order valence-corrected chi connectivity index (χ2v) is 7.72. The van der Waals surface area contributed by atoms with E-state index in [-0.39, 0.29) is 0 Å². The average molecular weight is 400 g/mol. The Morgan fingerprint density at radius 3 is 2.72 bits per heavy atom. The third-order valence-electron chi connectivity index (χ3n) is 5.16. The van der Waals surface area contributed by atoms with Crippen LogP contribution in [-0.4, -0.2) is 42.2 Å². The molecule has 1 saturated heterocycles. The number of aromatic nitrogens is 1. The second-order valence-electron chi connectivity index (χ2n) is 7.72. The monoisotopic (exact) mass is 399 g/mol. The maximum atomic E-state index is 10.6. The molecule has 3 rings (SSSR count). The lowest BCUT2D eigenvalue weighted by molar-refractivity contribution is 0.0386. The Labute approximate surface area is 173 Å². The van der Waals surface area contributed by atoms with Crippen LogP contribution in [0.5, 0.6) is 0 Å². The van der Waals surface area contributed by atoms with Gasteiger partial charge in [-0.15, -0.1) is 0 Å². The van der Waals surface area contributed by atoms with E-state index in [9.17, 15) is 5.11 Å². The van der Waals surface area contributed by atoms with Crippen molar-refractivity contribution in [2.75, 3.05) is 31.1 Å². The zero-order chi connectivity index (χ0) is 20.5. The van der Waals surface area contributed by atoms with E-state index >= 15 is 0 Å². The Balaban J connectivity index is 1.63. The largest absolute Gasteiger partial charge is 0.466 e. The van der Waals surface area contributed by atoms with Gasteiger partial charge in [-0.05, 0) is 56.5 Å². The van der Waals surface area contributed by atoms with Gasteiger partial charge in [0.25, 0.3) is 0 Å². The van der Waals surface area contributed by atoms with Crippen LogP contribution in [-0.2, 0) is 12.1 Å². The van der Waals surface area contributed by atoms with E-state index in [2.05, 4.69) is 31.6 Å². The lowest BCUT2D eigenvalue weighted by Gasteiger charge is -2.23. The fraction of sp³-hybridized carbons (Fsp3) is 0.545. The fourth-order valence-electron chi connectivity index (χ4n) is 3.47. The molecule has 0 bridgehead atoms. The summed E-state index contributed by atoms with van der Waals surface area (Å²) in [5.41, 5.74) is 0.00489. The molecule has 0 amide bonds. The Bertz CT molecular complexity index is 765. The molecule has 0 saturated carbocycles. The Kier molecular flexibility index (Phi) is 7.52. The number of furan rings is 1. The highest BCUT2D eigenvalue weighted by molar-refractivity contribution is 5.79.